The van der Waals surface area contributed by atoms with Gasteiger partial charge in [0.2, 0.25) is 0 Å². The Bertz CT molecular complexity index is 859. The summed E-state index contributed by atoms with van der Waals surface area (Å²) in [6.45, 7) is 4.44. The molecule has 0 radical (unpaired) electrons. The second kappa shape index (κ2) is 6.16. The van der Waals surface area contributed by atoms with Crippen LogP contribution in [0.15, 0.2) is 48.8 Å². The van der Waals surface area contributed by atoms with Gasteiger partial charge in [-0.3, -0.25) is 14.8 Å². The zero-order valence-electron chi connectivity index (χ0n) is 13.6. The molecule has 2 heterocycles. The van der Waals surface area contributed by atoms with Gasteiger partial charge in [-0.25, -0.2) is 0 Å². The van der Waals surface area contributed by atoms with E-state index in [1.807, 2.05) is 44.2 Å². The third kappa shape index (κ3) is 3.21. The first-order chi connectivity index (χ1) is 11.0. The van der Waals surface area contributed by atoms with Crippen molar-refractivity contribution in [3.8, 4) is 0 Å². The summed E-state index contributed by atoms with van der Waals surface area (Å²) in [6.07, 6.45) is 3.50. The molecule has 0 aliphatic heterocycles. The van der Waals surface area contributed by atoms with Crippen molar-refractivity contribution >= 4 is 16.8 Å². The number of aryl methyl sites for hydroxylation is 2. The van der Waals surface area contributed by atoms with Gasteiger partial charge in [-0.15, -0.1) is 0 Å². The number of carbonyl (C=O) groups is 1. The van der Waals surface area contributed by atoms with E-state index in [0.717, 1.165) is 27.7 Å². The molecule has 4 heteroatoms. The van der Waals surface area contributed by atoms with E-state index < -0.39 is 0 Å². The average molecular weight is 305 g/mol. The van der Waals surface area contributed by atoms with Gasteiger partial charge in [0.15, 0.2) is 0 Å². The fraction of sp³-hybridized carbons (Fsp3) is 0.211. The van der Waals surface area contributed by atoms with Crippen molar-refractivity contribution in [3.63, 3.8) is 0 Å². The highest BCUT2D eigenvalue weighted by molar-refractivity contribution is 5.98. The zero-order valence-corrected chi connectivity index (χ0v) is 13.6. The predicted octanol–water partition coefficient (Wildman–Crippen LogP) is 3.52. The number of hydrogen-bond acceptors (Lipinski definition) is 3. The van der Waals surface area contributed by atoms with Crippen LogP contribution in [0.25, 0.3) is 10.9 Å². The third-order valence-electron chi connectivity index (χ3n) is 3.88. The molecule has 3 rings (SSSR count). The standard InChI is InChI=1S/C19H19N3O/c1-13-6-7-18-16(9-13)10-17(14(2)21-18)19(23)22(3)12-15-5-4-8-20-11-15/h4-11H,12H2,1-3H3. The topological polar surface area (TPSA) is 46.1 Å². The molecule has 0 spiro atoms. The normalized spacial score (nSPS) is 10.7. The molecule has 0 saturated heterocycles. The Kier molecular flexibility index (Phi) is 4.06. The van der Waals surface area contributed by atoms with Gasteiger partial charge in [0.05, 0.1) is 16.8 Å². The van der Waals surface area contributed by atoms with Crippen LogP contribution in [0, 0.1) is 13.8 Å². The monoisotopic (exact) mass is 305 g/mol. The van der Waals surface area contributed by atoms with Crippen molar-refractivity contribution in [2.24, 2.45) is 0 Å². The number of benzene rings is 1. The largest absolute Gasteiger partial charge is 0.337 e. The predicted molar refractivity (Wildman–Crippen MR) is 91.3 cm³/mol. The van der Waals surface area contributed by atoms with E-state index >= 15 is 0 Å². The molecule has 0 unspecified atom stereocenters. The lowest BCUT2D eigenvalue weighted by molar-refractivity contribution is 0.0784. The van der Waals surface area contributed by atoms with Crippen LogP contribution in [0.3, 0.4) is 0 Å². The molecule has 0 saturated carbocycles. The maximum absolute atomic E-state index is 12.8. The van der Waals surface area contributed by atoms with E-state index in [2.05, 4.69) is 16.0 Å². The molecule has 0 fully saturated rings. The second-order valence-electron chi connectivity index (χ2n) is 5.84. The van der Waals surface area contributed by atoms with Crippen LogP contribution in [0.5, 0.6) is 0 Å². The van der Waals surface area contributed by atoms with Crippen LogP contribution < -0.4 is 0 Å². The van der Waals surface area contributed by atoms with Gasteiger partial charge in [-0.1, -0.05) is 17.7 Å². The molecule has 0 N–H and O–H groups in total. The van der Waals surface area contributed by atoms with Crippen molar-refractivity contribution in [1.29, 1.82) is 0 Å². The lowest BCUT2D eigenvalue weighted by Gasteiger charge is -2.18. The molecule has 116 valence electrons. The molecule has 2 aromatic heterocycles. The summed E-state index contributed by atoms with van der Waals surface area (Å²) in [7, 11) is 1.80. The number of fused-ring (bicyclic) bond motifs is 1. The zero-order chi connectivity index (χ0) is 16.4. The van der Waals surface area contributed by atoms with E-state index in [4.69, 9.17) is 0 Å². The van der Waals surface area contributed by atoms with E-state index in [-0.39, 0.29) is 5.91 Å². The summed E-state index contributed by atoms with van der Waals surface area (Å²) in [6, 6.07) is 11.9. The molecular formula is C19H19N3O. The van der Waals surface area contributed by atoms with Gasteiger partial charge in [0.1, 0.15) is 0 Å². The van der Waals surface area contributed by atoms with Gasteiger partial charge in [-0.05, 0) is 43.7 Å². The quantitative estimate of drug-likeness (QED) is 0.744. The third-order valence-corrected chi connectivity index (χ3v) is 3.88. The van der Waals surface area contributed by atoms with Gasteiger partial charge < -0.3 is 4.90 Å². The Morgan fingerprint density at radius 3 is 2.74 bits per heavy atom. The lowest BCUT2D eigenvalue weighted by atomic mass is 10.1. The molecule has 0 aliphatic rings. The molecule has 1 aromatic carbocycles. The van der Waals surface area contributed by atoms with E-state index in [1.54, 1.807) is 24.3 Å². The van der Waals surface area contributed by atoms with Crippen molar-refractivity contribution in [3.05, 3.63) is 71.2 Å². The van der Waals surface area contributed by atoms with Crippen LogP contribution in [0.4, 0.5) is 0 Å². The highest BCUT2D eigenvalue weighted by Gasteiger charge is 2.16. The van der Waals surface area contributed by atoms with Crippen LogP contribution in [0.2, 0.25) is 0 Å². The number of rotatable bonds is 3. The van der Waals surface area contributed by atoms with Crippen molar-refractivity contribution in [1.82, 2.24) is 14.9 Å². The van der Waals surface area contributed by atoms with Crippen molar-refractivity contribution in [2.75, 3.05) is 7.05 Å². The summed E-state index contributed by atoms with van der Waals surface area (Å²) >= 11 is 0. The average Bonchev–Trinajstić information content (AvgIpc) is 2.55. The molecule has 23 heavy (non-hydrogen) atoms. The summed E-state index contributed by atoms with van der Waals surface area (Å²) in [5.74, 6) is -0.0257. The molecular weight excluding hydrogens is 286 g/mol. The first-order valence-electron chi connectivity index (χ1n) is 7.57. The Hall–Kier alpha value is -2.75. The number of aromatic nitrogens is 2. The Labute approximate surface area is 135 Å². The van der Waals surface area contributed by atoms with E-state index in [9.17, 15) is 4.79 Å². The molecule has 1 amide bonds. The number of carbonyl (C=O) groups excluding carboxylic acids is 1. The fourth-order valence-electron chi connectivity index (χ4n) is 2.65. The maximum Gasteiger partial charge on any atom is 0.255 e. The first-order valence-corrected chi connectivity index (χ1v) is 7.57. The number of nitrogens with zero attached hydrogens (tertiary/aromatic N) is 3. The highest BCUT2D eigenvalue weighted by Crippen LogP contribution is 2.19. The van der Waals surface area contributed by atoms with Crippen LogP contribution >= 0.6 is 0 Å². The SMILES string of the molecule is Cc1ccc2nc(C)c(C(=O)N(C)Cc3cccnc3)cc2c1. The first kappa shape index (κ1) is 15.2. The lowest BCUT2D eigenvalue weighted by Crippen LogP contribution is -2.27. The van der Waals surface area contributed by atoms with Crippen LogP contribution in [-0.2, 0) is 6.54 Å². The van der Waals surface area contributed by atoms with Crippen LogP contribution in [0.1, 0.15) is 27.2 Å². The Morgan fingerprint density at radius 1 is 1.17 bits per heavy atom. The minimum atomic E-state index is -0.0257. The Morgan fingerprint density at radius 2 is 2.00 bits per heavy atom. The van der Waals surface area contributed by atoms with E-state index in [0.29, 0.717) is 12.1 Å². The summed E-state index contributed by atoms with van der Waals surface area (Å²) in [5.41, 5.74) is 4.48. The van der Waals surface area contributed by atoms with Gasteiger partial charge in [0, 0.05) is 31.4 Å². The molecule has 0 atom stereocenters. The van der Waals surface area contributed by atoms with Crippen molar-refractivity contribution < 1.29 is 4.79 Å². The molecule has 3 aromatic rings. The Balaban J connectivity index is 1.92. The van der Waals surface area contributed by atoms with Crippen LogP contribution in [-0.4, -0.2) is 27.8 Å². The molecule has 0 bridgehead atoms. The molecule has 4 nitrogen and oxygen atoms in total. The summed E-state index contributed by atoms with van der Waals surface area (Å²) < 4.78 is 0. The number of pyridine rings is 2. The second-order valence-corrected chi connectivity index (χ2v) is 5.84. The highest BCUT2D eigenvalue weighted by atomic mass is 16.2. The van der Waals surface area contributed by atoms with Gasteiger partial charge in [0.25, 0.3) is 5.91 Å². The van der Waals surface area contributed by atoms with E-state index in [1.165, 1.54) is 0 Å². The van der Waals surface area contributed by atoms with Crippen molar-refractivity contribution in [2.45, 2.75) is 20.4 Å². The number of amides is 1. The smallest absolute Gasteiger partial charge is 0.255 e. The fourth-order valence-corrected chi connectivity index (χ4v) is 2.65. The maximum atomic E-state index is 12.8. The van der Waals surface area contributed by atoms with Gasteiger partial charge >= 0.3 is 0 Å². The number of hydrogen-bond donors (Lipinski definition) is 0. The van der Waals surface area contributed by atoms with Gasteiger partial charge in [-0.2, -0.15) is 0 Å². The minimum absolute atomic E-state index is 0.0257. The minimum Gasteiger partial charge on any atom is -0.337 e. The molecule has 0 aliphatic carbocycles. The summed E-state index contributed by atoms with van der Waals surface area (Å²) in [5, 5.41) is 0.994. The summed E-state index contributed by atoms with van der Waals surface area (Å²) in [4.78, 5) is 23.1.